The highest BCUT2D eigenvalue weighted by molar-refractivity contribution is 6.71. The fraction of sp³-hybridized carbons (Fsp3) is 0.889. The minimum atomic E-state index is -1.70. The topological polar surface area (TPSA) is 29.5 Å². The number of carbonyl (C=O) groups excluding carboxylic acids is 1. The minimum absolute atomic E-state index is 0.0983. The van der Waals surface area contributed by atoms with Crippen LogP contribution in [0.3, 0.4) is 0 Å². The summed E-state index contributed by atoms with van der Waals surface area (Å²) < 4.78 is 5.40. The van der Waals surface area contributed by atoms with Crippen molar-refractivity contribution in [2.24, 2.45) is 0 Å². The molecule has 13 heavy (non-hydrogen) atoms. The van der Waals surface area contributed by atoms with E-state index >= 15 is 0 Å². The van der Waals surface area contributed by atoms with Crippen LogP contribution in [0.1, 0.15) is 19.3 Å². The van der Waals surface area contributed by atoms with E-state index in [1.807, 2.05) is 24.5 Å². The zero-order valence-electron chi connectivity index (χ0n) is 8.80. The highest BCUT2D eigenvalue weighted by Gasteiger charge is 2.24. The Kier molecular flexibility index (Phi) is 3.36. The highest BCUT2D eigenvalue weighted by atomic mass is 28.4. The first-order valence-electron chi connectivity index (χ1n) is 4.97. The van der Waals surface area contributed by atoms with Gasteiger partial charge in [-0.25, -0.2) is 4.79 Å². The van der Waals surface area contributed by atoms with Gasteiger partial charge in [0.15, 0.2) is 0 Å². The van der Waals surface area contributed by atoms with Gasteiger partial charge < -0.3 is 9.33 Å². The van der Waals surface area contributed by atoms with Gasteiger partial charge >= 0.3 is 6.09 Å². The third-order valence-corrected chi connectivity index (χ3v) is 2.79. The first kappa shape index (κ1) is 10.6. The van der Waals surface area contributed by atoms with E-state index in [-0.39, 0.29) is 6.09 Å². The van der Waals surface area contributed by atoms with Crippen molar-refractivity contribution in [1.29, 1.82) is 0 Å². The lowest BCUT2D eigenvalue weighted by Gasteiger charge is -2.29. The average molecular weight is 201 g/mol. The molecule has 0 bridgehead atoms. The van der Waals surface area contributed by atoms with E-state index in [4.69, 9.17) is 4.43 Å². The van der Waals surface area contributed by atoms with Crippen molar-refractivity contribution >= 4 is 14.4 Å². The monoisotopic (exact) mass is 201 g/mol. The fourth-order valence-corrected chi connectivity index (χ4v) is 2.06. The van der Waals surface area contributed by atoms with Gasteiger partial charge in [0.05, 0.1) is 0 Å². The molecule has 1 amide bonds. The summed E-state index contributed by atoms with van der Waals surface area (Å²) in [7, 11) is -1.70. The van der Waals surface area contributed by atoms with Crippen LogP contribution in [0.2, 0.25) is 19.6 Å². The number of hydrogen-bond donors (Lipinski definition) is 0. The van der Waals surface area contributed by atoms with Gasteiger partial charge in [-0.15, -0.1) is 0 Å². The third-order valence-electron chi connectivity index (χ3n) is 2.01. The second kappa shape index (κ2) is 4.13. The zero-order chi connectivity index (χ0) is 9.90. The summed E-state index contributed by atoms with van der Waals surface area (Å²) in [5, 5.41) is 0. The summed E-state index contributed by atoms with van der Waals surface area (Å²) in [6, 6.07) is 0. The molecule has 0 saturated carbocycles. The Morgan fingerprint density at radius 2 is 1.69 bits per heavy atom. The standard InChI is InChI=1S/C9H19NO2Si/c1-13(2,3)12-9(11)10-7-5-4-6-8-10/h4-8H2,1-3H3. The molecule has 0 radical (unpaired) electrons. The van der Waals surface area contributed by atoms with Crippen LogP contribution in [0.5, 0.6) is 0 Å². The lowest BCUT2D eigenvalue weighted by atomic mass is 10.1. The lowest BCUT2D eigenvalue weighted by molar-refractivity contribution is 0.140. The van der Waals surface area contributed by atoms with Crippen LogP contribution >= 0.6 is 0 Å². The highest BCUT2D eigenvalue weighted by Crippen LogP contribution is 2.12. The second-order valence-electron chi connectivity index (χ2n) is 4.53. The molecule has 0 unspecified atom stereocenters. The number of likely N-dealkylation sites (tertiary alicyclic amines) is 1. The molecule has 4 heteroatoms. The maximum absolute atomic E-state index is 11.6. The Hall–Kier alpha value is -0.513. The van der Waals surface area contributed by atoms with Crippen molar-refractivity contribution in [3.05, 3.63) is 0 Å². The molecule has 1 fully saturated rings. The molecule has 76 valence electrons. The maximum Gasteiger partial charge on any atom is 0.396 e. The van der Waals surface area contributed by atoms with Crippen molar-refractivity contribution in [1.82, 2.24) is 4.90 Å². The van der Waals surface area contributed by atoms with Gasteiger partial charge in [0, 0.05) is 13.1 Å². The van der Waals surface area contributed by atoms with E-state index in [9.17, 15) is 4.79 Å². The smallest absolute Gasteiger partial charge is 0.396 e. The van der Waals surface area contributed by atoms with E-state index in [1.54, 1.807) is 0 Å². The predicted molar refractivity (Wildman–Crippen MR) is 55.3 cm³/mol. The van der Waals surface area contributed by atoms with Gasteiger partial charge in [0.25, 0.3) is 0 Å². The Balaban J connectivity index is 2.38. The summed E-state index contributed by atoms with van der Waals surface area (Å²) in [5.74, 6) is 0. The van der Waals surface area contributed by atoms with Gasteiger partial charge in [-0.05, 0) is 38.9 Å². The molecular formula is C9H19NO2Si. The molecule has 0 aromatic heterocycles. The summed E-state index contributed by atoms with van der Waals surface area (Å²) in [4.78, 5) is 13.4. The van der Waals surface area contributed by atoms with Crippen molar-refractivity contribution in [3.8, 4) is 0 Å². The first-order chi connectivity index (χ1) is 5.99. The predicted octanol–water partition coefficient (Wildman–Crippen LogP) is 2.44. The summed E-state index contributed by atoms with van der Waals surface area (Å²) in [5.41, 5.74) is 0. The number of carbonyl (C=O) groups is 1. The molecule has 1 heterocycles. The van der Waals surface area contributed by atoms with Crippen LogP contribution in [0.4, 0.5) is 4.79 Å². The average Bonchev–Trinajstić information content (AvgIpc) is 2.03. The maximum atomic E-state index is 11.6. The van der Waals surface area contributed by atoms with Crippen molar-refractivity contribution in [2.75, 3.05) is 13.1 Å². The summed E-state index contributed by atoms with van der Waals surface area (Å²) in [6.45, 7) is 7.87. The molecule has 1 rings (SSSR count). The number of piperidine rings is 1. The molecular weight excluding hydrogens is 182 g/mol. The number of hydrogen-bond acceptors (Lipinski definition) is 2. The van der Waals surface area contributed by atoms with E-state index in [0.717, 1.165) is 25.9 Å². The van der Waals surface area contributed by atoms with Gasteiger partial charge in [-0.3, -0.25) is 0 Å². The first-order valence-corrected chi connectivity index (χ1v) is 8.38. The number of nitrogens with zero attached hydrogens (tertiary/aromatic N) is 1. The SMILES string of the molecule is C[Si](C)(C)OC(=O)N1CCCCC1. The van der Waals surface area contributed by atoms with Gasteiger partial charge in [-0.1, -0.05) is 0 Å². The van der Waals surface area contributed by atoms with E-state index in [0.29, 0.717) is 0 Å². The molecule has 3 nitrogen and oxygen atoms in total. The molecule has 0 aromatic carbocycles. The number of amides is 1. The van der Waals surface area contributed by atoms with Gasteiger partial charge in [0.2, 0.25) is 8.32 Å². The minimum Gasteiger partial charge on any atom is -0.504 e. The van der Waals surface area contributed by atoms with Crippen LogP contribution in [0.15, 0.2) is 0 Å². The number of rotatable bonds is 1. The Morgan fingerprint density at radius 3 is 2.15 bits per heavy atom. The van der Waals surface area contributed by atoms with Crippen LogP contribution in [0.25, 0.3) is 0 Å². The van der Waals surface area contributed by atoms with Crippen LogP contribution < -0.4 is 0 Å². The summed E-state index contributed by atoms with van der Waals surface area (Å²) >= 11 is 0. The second-order valence-corrected chi connectivity index (χ2v) is 8.96. The Labute approximate surface area is 81.2 Å². The normalized spacial score (nSPS) is 18.5. The third kappa shape index (κ3) is 3.80. The largest absolute Gasteiger partial charge is 0.504 e. The molecule has 0 aliphatic carbocycles. The fourth-order valence-electron chi connectivity index (χ4n) is 1.40. The molecule has 1 aliphatic heterocycles. The van der Waals surface area contributed by atoms with Crippen molar-refractivity contribution in [2.45, 2.75) is 38.9 Å². The van der Waals surface area contributed by atoms with E-state index in [2.05, 4.69) is 0 Å². The van der Waals surface area contributed by atoms with Crippen LogP contribution in [-0.4, -0.2) is 32.4 Å². The van der Waals surface area contributed by atoms with E-state index < -0.39 is 8.32 Å². The zero-order valence-corrected chi connectivity index (χ0v) is 9.80. The molecule has 0 aromatic rings. The lowest BCUT2D eigenvalue weighted by Crippen LogP contribution is -2.41. The van der Waals surface area contributed by atoms with Crippen molar-refractivity contribution in [3.63, 3.8) is 0 Å². The molecule has 0 N–H and O–H groups in total. The van der Waals surface area contributed by atoms with Crippen LogP contribution in [0, 0.1) is 0 Å². The quantitative estimate of drug-likeness (QED) is 0.610. The van der Waals surface area contributed by atoms with Gasteiger partial charge in [-0.2, -0.15) is 0 Å². The Morgan fingerprint density at radius 1 is 1.15 bits per heavy atom. The van der Waals surface area contributed by atoms with Crippen LogP contribution in [-0.2, 0) is 4.43 Å². The Bertz CT molecular complexity index is 183. The molecule has 1 saturated heterocycles. The molecule has 0 atom stereocenters. The molecule has 1 aliphatic rings. The van der Waals surface area contributed by atoms with E-state index in [1.165, 1.54) is 6.42 Å². The van der Waals surface area contributed by atoms with Crippen molar-refractivity contribution < 1.29 is 9.22 Å². The molecule has 0 spiro atoms. The summed E-state index contributed by atoms with van der Waals surface area (Å²) in [6.07, 6.45) is 3.40. The van der Waals surface area contributed by atoms with Gasteiger partial charge in [0.1, 0.15) is 0 Å².